The number of carbonyl (C=O) groups is 1. The second kappa shape index (κ2) is 6.61. The van der Waals surface area contributed by atoms with Gasteiger partial charge in [-0.3, -0.25) is 4.79 Å². The Morgan fingerprint density at radius 3 is 2.95 bits per heavy atom. The predicted octanol–water partition coefficient (Wildman–Crippen LogP) is 3.36. The average Bonchev–Trinajstić information content (AvgIpc) is 2.80. The van der Waals surface area contributed by atoms with Gasteiger partial charge in [-0.15, -0.1) is 0 Å². The third kappa shape index (κ3) is 3.87. The molecule has 1 heterocycles. The smallest absolute Gasteiger partial charge is 0.234 e. The Bertz CT molecular complexity index is 613. The molecule has 20 heavy (non-hydrogen) atoms. The van der Waals surface area contributed by atoms with Gasteiger partial charge >= 0.3 is 0 Å². The quantitative estimate of drug-likeness (QED) is 0.820. The SMILES string of the molecule is CCCC(=O)Cc1nc(Cc2ccc(F)cc2Cl)no1. The molecule has 2 aromatic rings. The van der Waals surface area contributed by atoms with Crippen molar-refractivity contribution < 1.29 is 13.7 Å². The summed E-state index contributed by atoms with van der Waals surface area (Å²) in [7, 11) is 0. The largest absolute Gasteiger partial charge is 0.339 e. The lowest BCUT2D eigenvalue weighted by molar-refractivity contribution is -0.118. The van der Waals surface area contributed by atoms with E-state index in [0.717, 1.165) is 6.42 Å². The van der Waals surface area contributed by atoms with Crippen LogP contribution in [0.3, 0.4) is 0 Å². The molecule has 0 amide bonds. The first kappa shape index (κ1) is 14.7. The molecular formula is C14H14ClFN2O2. The van der Waals surface area contributed by atoms with Gasteiger partial charge in [0.05, 0.1) is 6.42 Å². The molecule has 0 saturated carbocycles. The summed E-state index contributed by atoms with van der Waals surface area (Å²) in [5.74, 6) is 0.412. The number of carbonyl (C=O) groups excluding carboxylic acids is 1. The van der Waals surface area contributed by atoms with Crippen molar-refractivity contribution in [2.24, 2.45) is 0 Å². The maximum atomic E-state index is 12.9. The first-order chi connectivity index (χ1) is 9.58. The van der Waals surface area contributed by atoms with Crippen LogP contribution in [0.4, 0.5) is 4.39 Å². The fourth-order valence-electron chi connectivity index (χ4n) is 1.81. The van der Waals surface area contributed by atoms with Crippen LogP contribution in [0.5, 0.6) is 0 Å². The standard InChI is InChI=1S/C14H14ClFN2O2/c1-2-3-11(19)8-14-17-13(18-20-14)6-9-4-5-10(16)7-12(9)15/h4-5,7H,2-3,6,8H2,1H3. The highest BCUT2D eigenvalue weighted by atomic mass is 35.5. The van der Waals surface area contributed by atoms with Crippen molar-refractivity contribution in [1.82, 2.24) is 10.1 Å². The van der Waals surface area contributed by atoms with Gasteiger partial charge in [-0.2, -0.15) is 4.98 Å². The van der Waals surface area contributed by atoms with E-state index >= 15 is 0 Å². The minimum atomic E-state index is -0.391. The Labute approximate surface area is 120 Å². The van der Waals surface area contributed by atoms with E-state index in [1.54, 1.807) is 6.07 Å². The van der Waals surface area contributed by atoms with Gasteiger partial charge in [0, 0.05) is 17.9 Å². The number of halogens is 2. The molecule has 0 atom stereocenters. The molecule has 0 unspecified atom stereocenters. The summed E-state index contributed by atoms with van der Waals surface area (Å²) < 4.78 is 18.0. The summed E-state index contributed by atoms with van der Waals surface area (Å²) in [5, 5.41) is 4.12. The number of Topliss-reactive ketones (excluding diaryl/α,β-unsaturated/α-hetero) is 1. The third-order valence-electron chi connectivity index (χ3n) is 2.75. The van der Waals surface area contributed by atoms with Crippen LogP contribution in [-0.4, -0.2) is 15.9 Å². The molecule has 1 aromatic heterocycles. The minimum absolute atomic E-state index is 0.0718. The monoisotopic (exact) mass is 296 g/mol. The second-order valence-corrected chi connectivity index (χ2v) is 4.89. The molecule has 0 radical (unpaired) electrons. The summed E-state index contributed by atoms with van der Waals surface area (Å²) in [4.78, 5) is 15.6. The van der Waals surface area contributed by atoms with Gasteiger partial charge in [-0.05, 0) is 24.1 Å². The van der Waals surface area contributed by atoms with Crippen molar-refractivity contribution in [3.63, 3.8) is 0 Å². The van der Waals surface area contributed by atoms with Crippen LogP contribution < -0.4 is 0 Å². The normalized spacial score (nSPS) is 10.8. The lowest BCUT2D eigenvalue weighted by Crippen LogP contribution is -2.02. The van der Waals surface area contributed by atoms with Gasteiger partial charge in [0.2, 0.25) is 5.89 Å². The Morgan fingerprint density at radius 2 is 2.25 bits per heavy atom. The van der Waals surface area contributed by atoms with Crippen LogP contribution in [0.25, 0.3) is 0 Å². The van der Waals surface area contributed by atoms with E-state index in [1.807, 2.05) is 6.92 Å². The highest BCUT2D eigenvalue weighted by molar-refractivity contribution is 6.31. The molecule has 0 bridgehead atoms. The highest BCUT2D eigenvalue weighted by Crippen LogP contribution is 2.19. The number of ketones is 1. The van der Waals surface area contributed by atoms with Gasteiger partial charge in [0.15, 0.2) is 5.82 Å². The molecule has 0 aliphatic heterocycles. The molecule has 0 N–H and O–H groups in total. The van der Waals surface area contributed by atoms with Crippen molar-refractivity contribution in [3.8, 4) is 0 Å². The molecule has 4 nitrogen and oxygen atoms in total. The predicted molar refractivity (Wildman–Crippen MR) is 72.1 cm³/mol. The molecule has 0 spiro atoms. The first-order valence-electron chi connectivity index (χ1n) is 6.35. The summed E-state index contributed by atoms with van der Waals surface area (Å²) in [6, 6.07) is 4.14. The zero-order valence-electron chi connectivity index (χ0n) is 11.0. The van der Waals surface area contributed by atoms with Gasteiger partial charge < -0.3 is 4.52 Å². The van der Waals surface area contributed by atoms with Crippen molar-refractivity contribution in [1.29, 1.82) is 0 Å². The minimum Gasteiger partial charge on any atom is -0.339 e. The van der Waals surface area contributed by atoms with Crippen LogP contribution in [0.1, 0.15) is 37.0 Å². The van der Waals surface area contributed by atoms with Crippen LogP contribution in [0.2, 0.25) is 5.02 Å². The topological polar surface area (TPSA) is 56.0 Å². The van der Waals surface area contributed by atoms with E-state index in [0.29, 0.717) is 35.1 Å². The van der Waals surface area contributed by atoms with Crippen molar-refractivity contribution in [3.05, 3.63) is 46.3 Å². The van der Waals surface area contributed by atoms with E-state index in [-0.39, 0.29) is 12.2 Å². The van der Waals surface area contributed by atoms with Crippen molar-refractivity contribution >= 4 is 17.4 Å². The van der Waals surface area contributed by atoms with Gasteiger partial charge in [0.25, 0.3) is 0 Å². The van der Waals surface area contributed by atoms with Gasteiger partial charge in [0.1, 0.15) is 11.6 Å². The maximum Gasteiger partial charge on any atom is 0.234 e. The molecule has 0 saturated heterocycles. The van der Waals surface area contributed by atoms with Crippen LogP contribution in [-0.2, 0) is 17.6 Å². The fourth-order valence-corrected chi connectivity index (χ4v) is 2.04. The average molecular weight is 297 g/mol. The Hall–Kier alpha value is -1.75. The Morgan fingerprint density at radius 1 is 1.45 bits per heavy atom. The molecule has 6 heteroatoms. The Balaban J connectivity index is 2.04. The highest BCUT2D eigenvalue weighted by Gasteiger charge is 2.12. The summed E-state index contributed by atoms with van der Waals surface area (Å²) in [5.41, 5.74) is 0.709. The molecule has 0 aliphatic rings. The molecular weight excluding hydrogens is 283 g/mol. The molecule has 0 aliphatic carbocycles. The zero-order valence-corrected chi connectivity index (χ0v) is 11.8. The summed E-state index contributed by atoms with van der Waals surface area (Å²) in [6.45, 7) is 1.94. The lowest BCUT2D eigenvalue weighted by Gasteiger charge is -2.00. The van der Waals surface area contributed by atoms with E-state index in [2.05, 4.69) is 10.1 Å². The lowest BCUT2D eigenvalue weighted by atomic mass is 10.1. The number of hydrogen-bond acceptors (Lipinski definition) is 4. The molecule has 106 valence electrons. The molecule has 1 aromatic carbocycles. The molecule has 0 fully saturated rings. The Kier molecular flexibility index (Phi) is 4.84. The number of hydrogen-bond donors (Lipinski definition) is 0. The number of nitrogens with zero attached hydrogens (tertiary/aromatic N) is 2. The van der Waals surface area contributed by atoms with Crippen molar-refractivity contribution in [2.45, 2.75) is 32.6 Å². The zero-order chi connectivity index (χ0) is 14.5. The van der Waals surface area contributed by atoms with E-state index in [1.165, 1.54) is 12.1 Å². The second-order valence-electron chi connectivity index (χ2n) is 4.48. The fraction of sp³-hybridized carbons (Fsp3) is 0.357. The summed E-state index contributed by atoms with van der Waals surface area (Å²) in [6.07, 6.45) is 1.79. The number of rotatable bonds is 6. The summed E-state index contributed by atoms with van der Waals surface area (Å²) >= 11 is 5.93. The molecule has 2 rings (SSSR count). The van der Waals surface area contributed by atoms with Crippen LogP contribution in [0.15, 0.2) is 22.7 Å². The van der Waals surface area contributed by atoms with E-state index in [4.69, 9.17) is 16.1 Å². The van der Waals surface area contributed by atoms with E-state index in [9.17, 15) is 9.18 Å². The van der Waals surface area contributed by atoms with E-state index < -0.39 is 5.82 Å². The third-order valence-corrected chi connectivity index (χ3v) is 3.10. The van der Waals surface area contributed by atoms with Gasteiger partial charge in [-0.1, -0.05) is 29.7 Å². The van der Waals surface area contributed by atoms with Crippen LogP contribution in [0, 0.1) is 5.82 Å². The van der Waals surface area contributed by atoms with Crippen LogP contribution >= 0.6 is 11.6 Å². The number of benzene rings is 1. The maximum absolute atomic E-state index is 12.9. The van der Waals surface area contributed by atoms with Crippen molar-refractivity contribution in [2.75, 3.05) is 0 Å². The first-order valence-corrected chi connectivity index (χ1v) is 6.73. The van der Waals surface area contributed by atoms with Gasteiger partial charge in [-0.25, -0.2) is 4.39 Å². The number of aromatic nitrogens is 2.